The number of carbonyl (C=O) groups excluding carboxylic acids is 1. The number of carbonyl (C=O) groups is 1. The lowest BCUT2D eigenvalue weighted by atomic mass is 9.87. The van der Waals surface area contributed by atoms with E-state index in [0.29, 0.717) is 18.9 Å². The normalized spacial score (nSPS) is 22.4. The van der Waals surface area contributed by atoms with E-state index in [-0.39, 0.29) is 23.4 Å². The van der Waals surface area contributed by atoms with E-state index in [2.05, 4.69) is 16.4 Å². The second-order valence-corrected chi connectivity index (χ2v) is 7.29. The fourth-order valence-electron chi connectivity index (χ4n) is 4.01. The topological polar surface area (TPSA) is 89.4 Å². The van der Waals surface area contributed by atoms with E-state index in [1.165, 1.54) is 5.56 Å². The molecular weight excluding hydrogens is 318 g/mol. The molecule has 1 aromatic carbocycles. The van der Waals surface area contributed by atoms with Gasteiger partial charge in [0, 0.05) is 42.6 Å². The van der Waals surface area contributed by atoms with Crippen LogP contribution in [0, 0.1) is 12.3 Å². The summed E-state index contributed by atoms with van der Waals surface area (Å²) in [6.07, 6.45) is 1.52. The van der Waals surface area contributed by atoms with Crippen LogP contribution in [0.5, 0.6) is 0 Å². The Bertz CT molecular complexity index is 749. The number of H-pyrrole nitrogens is 1. The fraction of sp³-hybridized carbons (Fsp3) is 0.526. The third-order valence-electron chi connectivity index (χ3n) is 5.08. The molecule has 1 fully saturated rings. The maximum atomic E-state index is 12.7. The quantitative estimate of drug-likeness (QED) is 0.747. The van der Waals surface area contributed by atoms with Crippen molar-refractivity contribution in [3.8, 4) is 0 Å². The van der Waals surface area contributed by atoms with E-state index in [4.69, 9.17) is 15.2 Å². The van der Waals surface area contributed by atoms with Gasteiger partial charge >= 0.3 is 0 Å². The highest BCUT2D eigenvalue weighted by molar-refractivity contribution is 5.98. The molecule has 25 heavy (non-hydrogen) atoms. The number of hydrogen-bond acceptors (Lipinski definition) is 4. The van der Waals surface area contributed by atoms with E-state index in [1.807, 2.05) is 25.1 Å². The predicted molar refractivity (Wildman–Crippen MR) is 97.7 cm³/mol. The Morgan fingerprint density at radius 3 is 2.68 bits per heavy atom. The van der Waals surface area contributed by atoms with E-state index < -0.39 is 0 Å². The lowest BCUT2D eigenvalue weighted by Gasteiger charge is -2.27. The zero-order chi connectivity index (χ0) is 18.0. The summed E-state index contributed by atoms with van der Waals surface area (Å²) in [5.74, 6) is -0.125. The van der Waals surface area contributed by atoms with Gasteiger partial charge in [0.15, 0.2) is 0 Å². The Morgan fingerprint density at radius 2 is 2.00 bits per heavy atom. The highest BCUT2D eigenvalue weighted by Crippen LogP contribution is 2.38. The zero-order valence-electron chi connectivity index (χ0n) is 15.1. The first-order valence-electron chi connectivity index (χ1n) is 8.60. The van der Waals surface area contributed by atoms with Crippen LogP contribution in [-0.4, -0.2) is 50.4 Å². The highest BCUT2D eigenvalue weighted by atomic mass is 16.5. The minimum Gasteiger partial charge on any atom is -0.384 e. The van der Waals surface area contributed by atoms with Gasteiger partial charge < -0.3 is 25.5 Å². The molecule has 6 heteroatoms. The number of methoxy groups -OCH3 is 2. The molecular formula is C19H27N3O3. The van der Waals surface area contributed by atoms with Crippen molar-refractivity contribution in [2.45, 2.75) is 31.8 Å². The van der Waals surface area contributed by atoms with E-state index in [9.17, 15) is 4.79 Å². The minimum absolute atomic E-state index is 0.0917. The summed E-state index contributed by atoms with van der Waals surface area (Å²) in [6.45, 7) is 3.19. The third kappa shape index (κ3) is 3.71. The SMILES string of the molecule is COCC1(COC)C[C@@H](N)[C@H](NC(=O)c2cc3cc(C)ccc3[nH]2)C1. The fourth-order valence-corrected chi connectivity index (χ4v) is 4.01. The van der Waals surface area contributed by atoms with Gasteiger partial charge in [-0.25, -0.2) is 0 Å². The van der Waals surface area contributed by atoms with Gasteiger partial charge in [0.2, 0.25) is 0 Å². The van der Waals surface area contributed by atoms with Crippen molar-refractivity contribution in [2.24, 2.45) is 11.1 Å². The third-order valence-corrected chi connectivity index (χ3v) is 5.08. The monoisotopic (exact) mass is 345 g/mol. The van der Waals surface area contributed by atoms with Crippen molar-refractivity contribution in [3.63, 3.8) is 0 Å². The maximum Gasteiger partial charge on any atom is 0.268 e. The molecule has 0 bridgehead atoms. The molecule has 1 aliphatic carbocycles. The summed E-state index contributed by atoms with van der Waals surface area (Å²) in [4.78, 5) is 15.8. The summed E-state index contributed by atoms with van der Waals surface area (Å²) >= 11 is 0. The van der Waals surface area contributed by atoms with Crippen molar-refractivity contribution in [3.05, 3.63) is 35.5 Å². The van der Waals surface area contributed by atoms with Gasteiger partial charge in [0.25, 0.3) is 5.91 Å². The maximum absolute atomic E-state index is 12.7. The van der Waals surface area contributed by atoms with Crippen LogP contribution in [-0.2, 0) is 9.47 Å². The van der Waals surface area contributed by atoms with Crippen LogP contribution in [0.1, 0.15) is 28.9 Å². The number of aromatic nitrogens is 1. The number of aryl methyl sites for hydroxylation is 1. The number of fused-ring (bicyclic) bond motifs is 1. The number of hydrogen-bond donors (Lipinski definition) is 3. The van der Waals surface area contributed by atoms with Gasteiger partial charge in [-0.2, -0.15) is 0 Å². The largest absolute Gasteiger partial charge is 0.384 e. The molecule has 1 saturated carbocycles. The van der Waals surface area contributed by atoms with E-state index in [1.54, 1.807) is 14.2 Å². The smallest absolute Gasteiger partial charge is 0.268 e. The Kier molecular flexibility index (Phi) is 5.13. The molecule has 136 valence electrons. The Morgan fingerprint density at radius 1 is 1.28 bits per heavy atom. The summed E-state index contributed by atoms with van der Waals surface area (Å²) in [6, 6.07) is 7.76. The summed E-state index contributed by atoms with van der Waals surface area (Å²) < 4.78 is 10.7. The van der Waals surface area contributed by atoms with Crippen LogP contribution in [0.4, 0.5) is 0 Å². The molecule has 1 aromatic heterocycles. The molecule has 1 heterocycles. The molecule has 1 amide bonds. The number of aromatic amines is 1. The second kappa shape index (κ2) is 7.15. The second-order valence-electron chi connectivity index (χ2n) is 7.29. The highest BCUT2D eigenvalue weighted by Gasteiger charge is 2.44. The molecule has 6 nitrogen and oxygen atoms in total. The van der Waals surface area contributed by atoms with Crippen LogP contribution < -0.4 is 11.1 Å². The molecule has 0 saturated heterocycles. The zero-order valence-corrected chi connectivity index (χ0v) is 15.1. The van der Waals surface area contributed by atoms with Gasteiger partial charge in [-0.05, 0) is 38.0 Å². The van der Waals surface area contributed by atoms with Crippen molar-refractivity contribution < 1.29 is 14.3 Å². The van der Waals surface area contributed by atoms with E-state index in [0.717, 1.165) is 23.7 Å². The summed E-state index contributed by atoms with van der Waals surface area (Å²) in [7, 11) is 3.36. The lowest BCUT2D eigenvalue weighted by molar-refractivity contribution is 0.0125. The van der Waals surface area contributed by atoms with Crippen molar-refractivity contribution in [1.82, 2.24) is 10.3 Å². The predicted octanol–water partition coefficient (Wildman–Crippen LogP) is 1.98. The van der Waals surface area contributed by atoms with Crippen LogP contribution in [0.25, 0.3) is 10.9 Å². The van der Waals surface area contributed by atoms with Crippen molar-refractivity contribution in [1.29, 1.82) is 0 Å². The number of amides is 1. The number of rotatable bonds is 6. The van der Waals surface area contributed by atoms with Crippen LogP contribution in [0.3, 0.4) is 0 Å². The molecule has 0 radical (unpaired) electrons. The average molecular weight is 345 g/mol. The van der Waals surface area contributed by atoms with Gasteiger partial charge in [0.05, 0.1) is 13.2 Å². The molecule has 1 aliphatic rings. The lowest BCUT2D eigenvalue weighted by Crippen LogP contribution is -2.44. The average Bonchev–Trinajstić information content (AvgIpc) is 3.09. The number of benzene rings is 1. The van der Waals surface area contributed by atoms with Crippen LogP contribution in [0.15, 0.2) is 24.3 Å². The van der Waals surface area contributed by atoms with Crippen LogP contribution >= 0.6 is 0 Å². The standard InChI is InChI=1S/C19H27N3O3/c1-12-4-5-15-13(6-12)7-16(21-15)18(23)22-17-9-19(10-24-2,11-25-3)8-14(17)20/h4-7,14,17,21H,8-11,20H2,1-3H3,(H,22,23)/t14-,17-/m1/s1. The Hall–Kier alpha value is -1.89. The first-order valence-corrected chi connectivity index (χ1v) is 8.60. The van der Waals surface area contributed by atoms with Crippen molar-refractivity contribution >= 4 is 16.8 Å². The van der Waals surface area contributed by atoms with E-state index >= 15 is 0 Å². The molecule has 0 spiro atoms. The minimum atomic E-state index is -0.140. The Balaban J connectivity index is 1.73. The van der Waals surface area contributed by atoms with Crippen molar-refractivity contribution in [2.75, 3.05) is 27.4 Å². The van der Waals surface area contributed by atoms with Gasteiger partial charge in [-0.3, -0.25) is 4.79 Å². The number of nitrogens with one attached hydrogen (secondary N) is 2. The molecule has 0 aliphatic heterocycles. The first-order chi connectivity index (χ1) is 12.0. The summed E-state index contributed by atoms with van der Waals surface area (Å²) in [5.41, 5.74) is 8.84. The van der Waals surface area contributed by atoms with Gasteiger partial charge in [-0.15, -0.1) is 0 Å². The van der Waals surface area contributed by atoms with Gasteiger partial charge in [0.1, 0.15) is 5.69 Å². The number of ether oxygens (including phenoxy) is 2. The molecule has 0 unspecified atom stereocenters. The summed E-state index contributed by atoms with van der Waals surface area (Å²) in [5, 5.41) is 4.12. The van der Waals surface area contributed by atoms with Gasteiger partial charge in [-0.1, -0.05) is 11.6 Å². The molecule has 3 rings (SSSR count). The number of nitrogens with two attached hydrogens (primary N) is 1. The van der Waals surface area contributed by atoms with Crippen LogP contribution in [0.2, 0.25) is 0 Å². The molecule has 2 aromatic rings. The molecule has 2 atom stereocenters. The molecule has 4 N–H and O–H groups in total. The Labute approximate surface area is 148 Å². The first kappa shape index (κ1) is 17.9.